The lowest BCUT2D eigenvalue weighted by molar-refractivity contribution is 0.0910. The molecule has 2 aromatic carbocycles. The Hall–Kier alpha value is -2.29. The Morgan fingerprint density at radius 2 is 1.91 bits per heavy atom. The Bertz CT molecular complexity index is 1040. The van der Waals surface area contributed by atoms with Crippen molar-refractivity contribution in [2.24, 2.45) is 0 Å². The number of ether oxygens (including phenoxy) is 1. The summed E-state index contributed by atoms with van der Waals surface area (Å²) >= 11 is 6.19. The fourth-order valence-electron chi connectivity index (χ4n) is 3.73. The largest absolute Gasteiger partial charge is 0.495 e. The number of carbonyl (C=O) groups excluding carboxylic acids is 1. The highest BCUT2D eigenvalue weighted by molar-refractivity contribution is 7.92. The summed E-state index contributed by atoms with van der Waals surface area (Å²) in [6.07, 6.45) is 4.11. The third kappa shape index (κ3) is 6.15. The molecule has 1 aliphatic rings. The van der Waals surface area contributed by atoms with Crippen molar-refractivity contribution in [3.05, 3.63) is 53.1 Å². The van der Waals surface area contributed by atoms with E-state index in [-0.39, 0.29) is 33.1 Å². The lowest BCUT2D eigenvalue weighted by atomic mass is 10.0. The van der Waals surface area contributed by atoms with Crippen molar-refractivity contribution in [2.45, 2.75) is 43.5 Å². The summed E-state index contributed by atoms with van der Waals surface area (Å²) < 4.78 is 33.7. The maximum Gasteiger partial charge on any atom is 0.263 e. The summed E-state index contributed by atoms with van der Waals surface area (Å²) in [5, 5.41) is 3.07. The first-order valence-electron chi connectivity index (χ1n) is 10.8. The predicted octanol–water partition coefficient (Wildman–Crippen LogP) is 4.14. The van der Waals surface area contributed by atoms with Crippen molar-refractivity contribution in [2.75, 3.05) is 31.5 Å². The molecule has 1 fully saturated rings. The van der Waals surface area contributed by atoms with Crippen LogP contribution in [-0.2, 0) is 10.0 Å². The van der Waals surface area contributed by atoms with Gasteiger partial charge in [-0.05, 0) is 56.1 Å². The van der Waals surface area contributed by atoms with E-state index >= 15 is 0 Å². The average Bonchev–Trinajstić information content (AvgIpc) is 2.79. The van der Waals surface area contributed by atoms with Gasteiger partial charge in [0.2, 0.25) is 0 Å². The molecule has 0 aromatic heterocycles. The van der Waals surface area contributed by atoms with E-state index in [0.29, 0.717) is 5.75 Å². The van der Waals surface area contributed by atoms with Gasteiger partial charge in [-0.3, -0.25) is 9.52 Å². The number of rotatable bonds is 9. The second-order valence-electron chi connectivity index (χ2n) is 7.89. The lowest BCUT2D eigenvalue weighted by Crippen LogP contribution is -2.44. The fourth-order valence-corrected chi connectivity index (χ4v) is 5.33. The standard InChI is InChI=1S/C23H30ClN3O4S/c1-3-4-13-27-14-11-18(12-15-27)25-23(28)17-9-10-19(24)22(16-17)32(29,30)26-20-7-5-6-8-21(20)31-2/h5-10,16,18,26H,3-4,11-15H2,1-2H3,(H,25,28). The van der Waals surface area contributed by atoms with Gasteiger partial charge in [0.05, 0.1) is 17.8 Å². The number of likely N-dealkylation sites (tertiary alicyclic amines) is 1. The Balaban J connectivity index is 1.70. The maximum absolute atomic E-state index is 13.0. The van der Waals surface area contributed by atoms with Gasteiger partial charge in [0.1, 0.15) is 10.6 Å². The van der Waals surface area contributed by atoms with Gasteiger partial charge in [0.25, 0.3) is 15.9 Å². The van der Waals surface area contributed by atoms with Gasteiger partial charge < -0.3 is 15.0 Å². The van der Waals surface area contributed by atoms with E-state index < -0.39 is 10.0 Å². The van der Waals surface area contributed by atoms with Crippen LogP contribution in [0, 0.1) is 0 Å². The van der Waals surface area contributed by atoms with E-state index in [9.17, 15) is 13.2 Å². The Labute approximate surface area is 195 Å². The SMILES string of the molecule is CCCCN1CCC(NC(=O)c2ccc(Cl)c(S(=O)(=O)Nc3ccccc3OC)c2)CC1. The van der Waals surface area contributed by atoms with E-state index in [0.717, 1.165) is 32.5 Å². The summed E-state index contributed by atoms with van der Waals surface area (Å²) in [4.78, 5) is 15.1. The Kier molecular flexibility index (Phi) is 8.39. The van der Waals surface area contributed by atoms with E-state index in [2.05, 4.69) is 21.9 Å². The maximum atomic E-state index is 13.0. The highest BCUT2D eigenvalue weighted by Crippen LogP contribution is 2.29. The molecule has 9 heteroatoms. The highest BCUT2D eigenvalue weighted by Gasteiger charge is 2.24. The van der Waals surface area contributed by atoms with Crippen LogP contribution in [0.15, 0.2) is 47.4 Å². The molecule has 0 atom stereocenters. The van der Waals surface area contributed by atoms with Gasteiger partial charge in [-0.25, -0.2) is 8.42 Å². The van der Waals surface area contributed by atoms with E-state index in [1.807, 2.05) is 0 Å². The number of hydrogen-bond donors (Lipinski definition) is 2. The van der Waals surface area contributed by atoms with Crippen LogP contribution < -0.4 is 14.8 Å². The first-order chi connectivity index (χ1) is 15.3. The van der Waals surface area contributed by atoms with E-state index in [1.165, 1.54) is 38.2 Å². The number of nitrogens with zero attached hydrogens (tertiary/aromatic N) is 1. The van der Waals surface area contributed by atoms with Crippen LogP contribution in [0.2, 0.25) is 5.02 Å². The molecule has 1 heterocycles. The molecule has 1 amide bonds. The number of para-hydroxylation sites is 2. The number of unbranched alkanes of at least 4 members (excludes halogenated alkanes) is 1. The monoisotopic (exact) mass is 479 g/mol. The van der Waals surface area contributed by atoms with Crippen LogP contribution in [-0.4, -0.2) is 52.0 Å². The van der Waals surface area contributed by atoms with Crippen LogP contribution in [0.4, 0.5) is 5.69 Å². The van der Waals surface area contributed by atoms with Crippen LogP contribution in [0.5, 0.6) is 5.75 Å². The molecular weight excluding hydrogens is 450 g/mol. The summed E-state index contributed by atoms with van der Waals surface area (Å²) in [5.41, 5.74) is 0.541. The molecule has 0 unspecified atom stereocenters. The average molecular weight is 480 g/mol. The minimum atomic E-state index is -4.03. The van der Waals surface area contributed by atoms with E-state index in [1.54, 1.807) is 24.3 Å². The van der Waals surface area contributed by atoms with Crippen LogP contribution >= 0.6 is 11.6 Å². The second kappa shape index (κ2) is 11.0. The molecule has 0 spiro atoms. The smallest absolute Gasteiger partial charge is 0.263 e. The third-order valence-electron chi connectivity index (χ3n) is 5.58. The summed E-state index contributed by atoms with van der Waals surface area (Å²) in [6, 6.07) is 11.0. The number of halogens is 1. The molecule has 0 saturated carbocycles. The molecule has 0 radical (unpaired) electrons. The van der Waals surface area contributed by atoms with Gasteiger partial charge >= 0.3 is 0 Å². The minimum absolute atomic E-state index is 0.0354. The summed E-state index contributed by atoms with van der Waals surface area (Å²) in [6.45, 7) is 5.18. The first kappa shape index (κ1) is 24.4. The van der Waals surface area contributed by atoms with Gasteiger partial charge in [-0.15, -0.1) is 0 Å². The zero-order valence-corrected chi connectivity index (χ0v) is 20.0. The lowest BCUT2D eigenvalue weighted by Gasteiger charge is -2.32. The number of carbonyl (C=O) groups is 1. The number of nitrogens with one attached hydrogen (secondary N) is 2. The number of piperidine rings is 1. The van der Waals surface area contributed by atoms with Crippen LogP contribution in [0.3, 0.4) is 0 Å². The minimum Gasteiger partial charge on any atom is -0.495 e. The van der Waals surface area contributed by atoms with E-state index in [4.69, 9.17) is 16.3 Å². The number of hydrogen-bond acceptors (Lipinski definition) is 5. The topological polar surface area (TPSA) is 87.7 Å². The van der Waals surface area contributed by atoms with Crippen LogP contribution in [0.25, 0.3) is 0 Å². The molecule has 0 aliphatic carbocycles. The number of anilines is 1. The fraction of sp³-hybridized carbons (Fsp3) is 0.435. The Morgan fingerprint density at radius 3 is 2.59 bits per heavy atom. The zero-order valence-electron chi connectivity index (χ0n) is 18.4. The predicted molar refractivity (Wildman–Crippen MR) is 127 cm³/mol. The van der Waals surface area contributed by atoms with Crippen molar-refractivity contribution in [1.82, 2.24) is 10.2 Å². The molecule has 1 saturated heterocycles. The van der Waals surface area contributed by atoms with Gasteiger partial charge in [0.15, 0.2) is 0 Å². The summed E-state index contributed by atoms with van der Waals surface area (Å²) in [5.74, 6) is 0.0776. The molecular formula is C23H30ClN3O4S. The summed E-state index contributed by atoms with van der Waals surface area (Å²) in [7, 11) is -2.57. The molecule has 3 rings (SSSR count). The molecule has 7 nitrogen and oxygen atoms in total. The highest BCUT2D eigenvalue weighted by atomic mass is 35.5. The van der Waals surface area contributed by atoms with Crippen molar-refractivity contribution in [3.8, 4) is 5.75 Å². The molecule has 1 aliphatic heterocycles. The Morgan fingerprint density at radius 1 is 1.19 bits per heavy atom. The molecule has 2 aromatic rings. The van der Waals surface area contributed by atoms with Crippen molar-refractivity contribution < 1.29 is 17.9 Å². The van der Waals surface area contributed by atoms with Gasteiger partial charge in [-0.2, -0.15) is 0 Å². The quantitative estimate of drug-likeness (QED) is 0.564. The first-order valence-corrected chi connectivity index (χ1v) is 12.7. The van der Waals surface area contributed by atoms with Crippen LogP contribution in [0.1, 0.15) is 43.0 Å². The molecule has 174 valence electrons. The second-order valence-corrected chi connectivity index (χ2v) is 9.95. The van der Waals surface area contributed by atoms with Gasteiger partial charge in [-0.1, -0.05) is 37.1 Å². The van der Waals surface area contributed by atoms with Crippen molar-refractivity contribution in [3.63, 3.8) is 0 Å². The number of benzene rings is 2. The number of sulfonamides is 1. The number of methoxy groups -OCH3 is 1. The molecule has 32 heavy (non-hydrogen) atoms. The number of amides is 1. The molecule has 2 N–H and O–H groups in total. The normalized spacial score (nSPS) is 15.3. The van der Waals surface area contributed by atoms with Crippen molar-refractivity contribution >= 4 is 33.2 Å². The van der Waals surface area contributed by atoms with Crippen molar-refractivity contribution in [1.29, 1.82) is 0 Å². The zero-order chi connectivity index (χ0) is 23.1. The molecule has 0 bridgehead atoms. The van der Waals surface area contributed by atoms with Gasteiger partial charge in [0, 0.05) is 24.7 Å². The third-order valence-corrected chi connectivity index (χ3v) is 7.43.